The number of hydrogen-bond acceptors (Lipinski definition) is 4. The van der Waals surface area contributed by atoms with Crippen LogP contribution in [-0.4, -0.2) is 71.3 Å². The molecule has 2 saturated heterocycles. The lowest BCUT2D eigenvalue weighted by Crippen LogP contribution is -2.51. The van der Waals surface area contributed by atoms with Gasteiger partial charge >= 0.3 is 0 Å². The summed E-state index contributed by atoms with van der Waals surface area (Å²) in [6, 6.07) is 0.775. The van der Waals surface area contributed by atoms with Gasteiger partial charge in [-0.25, -0.2) is 4.98 Å². The van der Waals surface area contributed by atoms with Crippen molar-refractivity contribution in [2.45, 2.75) is 31.8 Å². The second-order valence-electron chi connectivity index (χ2n) is 5.88. The zero-order chi connectivity index (χ0) is 13.6. The van der Waals surface area contributed by atoms with Crippen LogP contribution in [0.2, 0.25) is 0 Å². The van der Waals surface area contributed by atoms with Crippen molar-refractivity contribution in [1.82, 2.24) is 19.4 Å². The molecule has 0 aromatic carbocycles. The van der Waals surface area contributed by atoms with Gasteiger partial charge in [-0.2, -0.15) is 0 Å². The minimum Gasteiger partial charge on any atom is -0.381 e. The average molecular weight is 278 g/mol. The van der Waals surface area contributed by atoms with E-state index in [1.54, 1.807) is 0 Å². The summed E-state index contributed by atoms with van der Waals surface area (Å²) in [7, 11) is 0. The molecule has 0 unspecified atom stereocenters. The number of aromatic nitrogens is 2. The van der Waals surface area contributed by atoms with E-state index in [2.05, 4.69) is 19.4 Å². The molecule has 2 aliphatic rings. The summed E-state index contributed by atoms with van der Waals surface area (Å²) in [5.41, 5.74) is 0. The predicted octanol–water partition coefficient (Wildman–Crippen LogP) is 1.07. The molecule has 1 aromatic heterocycles. The summed E-state index contributed by atoms with van der Waals surface area (Å²) in [6.07, 6.45) is 9.47. The molecule has 5 nitrogen and oxygen atoms in total. The topological polar surface area (TPSA) is 33.5 Å². The Labute approximate surface area is 121 Å². The highest BCUT2D eigenvalue weighted by Gasteiger charge is 2.24. The number of hydrogen-bond donors (Lipinski definition) is 0. The molecule has 20 heavy (non-hydrogen) atoms. The lowest BCUT2D eigenvalue weighted by atomic mass is 10.1. The fourth-order valence-electron chi connectivity index (χ4n) is 3.30. The van der Waals surface area contributed by atoms with Crippen molar-refractivity contribution in [2.24, 2.45) is 0 Å². The van der Waals surface area contributed by atoms with Crippen LogP contribution in [0.4, 0.5) is 0 Å². The van der Waals surface area contributed by atoms with Gasteiger partial charge in [-0.15, -0.1) is 0 Å². The quantitative estimate of drug-likeness (QED) is 0.807. The third-order valence-electron chi connectivity index (χ3n) is 4.56. The van der Waals surface area contributed by atoms with Crippen molar-refractivity contribution < 1.29 is 4.74 Å². The molecule has 112 valence electrons. The molecule has 3 heterocycles. The minimum atomic E-state index is 0.775. The van der Waals surface area contributed by atoms with E-state index in [0.29, 0.717) is 0 Å². The molecule has 0 radical (unpaired) electrons. The molecular weight excluding hydrogens is 252 g/mol. The van der Waals surface area contributed by atoms with Crippen molar-refractivity contribution in [1.29, 1.82) is 0 Å². The van der Waals surface area contributed by atoms with Gasteiger partial charge in [0.25, 0.3) is 0 Å². The summed E-state index contributed by atoms with van der Waals surface area (Å²) in [5.74, 6) is 0. The summed E-state index contributed by atoms with van der Waals surface area (Å²) < 4.78 is 7.62. The molecule has 5 heteroatoms. The van der Waals surface area contributed by atoms with E-state index in [0.717, 1.165) is 25.8 Å². The molecular formula is C15H26N4O. The molecule has 1 aromatic rings. The van der Waals surface area contributed by atoms with Crippen LogP contribution in [0.1, 0.15) is 19.3 Å². The SMILES string of the molecule is c1cn(CCCN2CCN(C3CCOCC3)CC2)cn1. The minimum absolute atomic E-state index is 0.775. The Morgan fingerprint density at radius 1 is 1.05 bits per heavy atom. The van der Waals surface area contributed by atoms with E-state index in [4.69, 9.17) is 4.74 Å². The molecule has 0 aliphatic carbocycles. The molecule has 0 saturated carbocycles. The Hall–Kier alpha value is -0.910. The van der Waals surface area contributed by atoms with Gasteiger partial charge < -0.3 is 14.2 Å². The monoisotopic (exact) mass is 278 g/mol. The summed E-state index contributed by atoms with van der Waals surface area (Å²) >= 11 is 0. The third kappa shape index (κ3) is 3.81. The average Bonchev–Trinajstić information content (AvgIpc) is 3.02. The number of piperazine rings is 1. The second kappa shape index (κ2) is 7.20. The first-order chi connectivity index (χ1) is 9.92. The molecule has 0 spiro atoms. The third-order valence-corrected chi connectivity index (χ3v) is 4.56. The zero-order valence-corrected chi connectivity index (χ0v) is 12.3. The Morgan fingerprint density at radius 3 is 2.55 bits per heavy atom. The van der Waals surface area contributed by atoms with Crippen molar-refractivity contribution in [2.75, 3.05) is 45.9 Å². The van der Waals surface area contributed by atoms with Crippen LogP contribution >= 0.6 is 0 Å². The van der Waals surface area contributed by atoms with E-state index in [-0.39, 0.29) is 0 Å². The van der Waals surface area contributed by atoms with Crippen molar-refractivity contribution in [3.05, 3.63) is 18.7 Å². The maximum atomic E-state index is 5.46. The first-order valence-corrected chi connectivity index (χ1v) is 7.92. The van der Waals surface area contributed by atoms with Gasteiger partial charge in [-0.05, 0) is 25.8 Å². The fourth-order valence-corrected chi connectivity index (χ4v) is 3.30. The van der Waals surface area contributed by atoms with Crippen molar-refractivity contribution in [3.63, 3.8) is 0 Å². The molecule has 0 N–H and O–H groups in total. The van der Waals surface area contributed by atoms with Gasteiger partial charge in [0.15, 0.2) is 0 Å². The van der Waals surface area contributed by atoms with Gasteiger partial charge in [0.05, 0.1) is 6.33 Å². The number of aryl methyl sites for hydroxylation is 1. The lowest BCUT2D eigenvalue weighted by molar-refractivity contribution is 0.0135. The van der Waals surface area contributed by atoms with Crippen LogP contribution in [0.15, 0.2) is 18.7 Å². The van der Waals surface area contributed by atoms with E-state index < -0.39 is 0 Å². The van der Waals surface area contributed by atoms with Gasteiger partial charge in [0.1, 0.15) is 0 Å². The molecule has 2 aliphatic heterocycles. The van der Waals surface area contributed by atoms with E-state index in [1.165, 1.54) is 52.0 Å². The highest BCUT2D eigenvalue weighted by atomic mass is 16.5. The first-order valence-electron chi connectivity index (χ1n) is 7.92. The van der Waals surface area contributed by atoms with Crippen LogP contribution in [0.3, 0.4) is 0 Å². The molecule has 2 fully saturated rings. The maximum absolute atomic E-state index is 5.46. The number of rotatable bonds is 5. The largest absolute Gasteiger partial charge is 0.381 e. The molecule has 3 rings (SSSR count). The number of imidazole rings is 1. The number of ether oxygens (including phenoxy) is 1. The highest BCUT2D eigenvalue weighted by Crippen LogP contribution is 2.16. The van der Waals surface area contributed by atoms with Gasteiger partial charge in [0.2, 0.25) is 0 Å². The van der Waals surface area contributed by atoms with E-state index >= 15 is 0 Å². The van der Waals surface area contributed by atoms with Gasteiger partial charge in [-0.3, -0.25) is 4.90 Å². The van der Waals surface area contributed by atoms with Gasteiger partial charge in [0, 0.05) is 64.4 Å². The van der Waals surface area contributed by atoms with Crippen LogP contribution < -0.4 is 0 Å². The Kier molecular flexibility index (Phi) is 5.06. The van der Waals surface area contributed by atoms with E-state index in [1.807, 2.05) is 18.7 Å². The van der Waals surface area contributed by atoms with Crippen LogP contribution in [0.5, 0.6) is 0 Å². The van der Waals surface area contributed by atoms with Crippen molar-refractivity contribution >= 4 is 0 Å². The number of nitrogens with zero attached hydrogens (tertiary/aromatic N) is 4. The van der Waals surface area contributed by atoms with Crippen molar-refractivity contribution in [3.8, 4) is 0 Å². The normalized spacial score (nSPS) is 23.2. The smallest absolute Gasteiger partial charge is 0.0945 e. The Morgan fingerprint density at radius 2 is 1.85 bits per heavy atom. The lowest BCUT2D eigenvalue weighted by Gasteiger charge is -2.40. The Bertz CT molecular complexity index is 367. The van der Waals surface area contributed by atoms with Gasteiger partial charge in [-0.1, -0.05) is 0 Å². The molecule has 0 amide bonds. The van der Waals surface area contributed by atoms with Crippen LogP contribution in [0, 0.1) is 0 Å². The van der Waals surface area contributed by atoms with Crippen LogP contribution in [-0.2, 0) is 11.3 Å². The van der Waals surface area contributed by atoms with Crippen LogP contribution in [0.25, 0.3) is 0 Å². The summed E-state index contributed by atoms with van der Waals surface area (Å²) in [4.78, 5) is 9.36. The standard InChI is InChI=1S/C15H26N4O/c1(6-18-7-4-16-14-18)5-17-8-10-19(11-9-17)15-2-12-20-13-3-15/h4,7,14-15H,1-3,5-6,8-13H2. The Balaban J connectivity index is 1.33. The summed E-state index contributed by atoms with van der Waals surface area (Å²) in [6.45, 7) is 9.11. The fraction of sp³-hybridized carbons (Fsp3) is 0.800. The maximum Gasteiger partial charge on any atom is 0.0945 e. The second-order valence-corrected chi connectivity index (χ2v) is 5.88. The first kappa shape index (κ1) is 14.0. The highest BCUT2D eigenvalue weighted by molar-refractivity contribution is 4.80. The molecule has 0 bridgehead atoms. The molecule has 0 atom stereocenters. The predicted molar refractivity (Wildman–Crippen MR) is 78.7 cm³/mol. The van der Waals surface area contributed by atoms with E-state index in [9.17, 15) is 0 Å². The zero-order valence-electron chi connectivity index (χ0n) is 12.3. The summed E-state index contributed by atoms with van der Waals surface area (Å²) in [5, 5.41) is 0.